The fourth-order valence-electron chi connectivity index (χ4n) is 2.04. The average molecular weight is 352 g/mol. The molecule has 0 saturated heterocycles. The molecule has 6 heteroatoms. The van der Waals surface area contributed by atoms with Crippen LogP contribution in [0.25, 0.3) is 0 Å². The predicted octanol–water partition coefficient (Wildman–Crippen LogP) is 4.84. The minimum atomic E-state index is -0.414. The smallest absolute Gasteiger partial charge is 0.341 e. The Labute approximate surface area is 144 Å². The van der Waals surface area contributed by atoms with Crippen LogP contribution < -0.4 is 5.32 Å². The quantitative estimate of drug-likeness (QED) is 0.784. The maximum Gasteiger partial charge on any atom is 0.341 e. The highest BCUT2D eigenvalue weighted by atomic mass is 35.5. The molecular formula is C17H18ClNO3S. The lowest BCUT2D eigenvalue weighted by molar-refractivity contribution is 0.0506. The third-order valence-corrected chi connectivity index (χ3v) is 4.82. The molecule has 0 aliphatic carbocycles. The zero-order valence-corrected chi connectivity index (χ0v) is 14.8. The molecule has 0 radical (unpaired) electrons. The molecule has 4 nitrogen and oxygen atoms in total. The number of aryl methyl sites for hydroxylation is 1. The van der Waals surface area contributed by atoms with Gasteiger partial charge in [0.05, 0.1) is 22.8 Å². The zero-order chi connectivity index (χ0) is 17.0. The topological polar surface area (TPSA) is 55.4 Å². The number of thiophene rings is 1. The van der Waals surface area contributed by atoms with E-state index < -0.39 is 5.97 Å². The molecule has 1 aromatic heterocycles. The van der Waals surface area contributed by atoms with Gasteiger partial charge in [-0.1, -0.05) is 30.7 Å². The Balaban J connectivity index is 2.30. The van der Waals surface area contributed by atoms with Gasteiger partial charge in [-0.3, -0.25) is 4.79 Å². The number of nitrogens with one attached hydrogen (secondary N) is 1. The lowest BCUT2D eigenvalue weighted by Crippen LogP contribution is -2.15. The molecule has 1 amide bonds. The summed E-state index contributed by atoms with van der Waals surface area (Å²) < 4.78 is 5.21. The second-order valence-corrected chi connectivity index (χ2v) is 6.69. The second-order valence-electron chi connectivity index (χ2n) is 5.06. The van der Waals surface area contributed by atoms with Crippen LogP contribution in [0.3, 0.4) is 0 Å². The summed E-state index contributed by atoms with van der Waals surface area (Å²) in [4.78, 5) is 25.6. The van der Waals surface area contributed by atoms with Crippen molar-refractivity contribution in [2.24, 2.45) is 0 Å². The Hall–Kier alpha value is -1.85. The van der Waals surface area contributed by atoms with Crippen LogP contribution in [-0.2, 0) is 4.74 Å². The van der Waals surface area contributed by atoms with Gasteiger partial charge in [0.1, 0.15) is 5.00 Å². The molecular weight excluding hydrogens is 334 g/mol. The summed E-state index contributed by atoms with van der Waals surface area (Å²) in [6, 6.07) is 6.78. The number of esters is 1. The highest BCUT2D eigenvalue weighted by Crippen LogP contribution is 2.33. The molecule has 0 bridgehead atoms. The first-order valence-corrected chi connectivity index (χ1v) is 8.48. The van der Waals surface area contributed by atoms with E-state index in [1.165, 1.54) is 11.3 Å². The third-order valence-electron chi connectivity index (χ3n) is 3.37. The van der Waals surface area contributed by atoms with Crippen molar-refractivity contribution in [3.05, 3.63) is 50.9 Å². The molecule has 0 aliphatic heterocycles. The van der Waals surface area contributed by atoms with E-state index in [9.17, 15) is 9.59 Å². The number of hydrogen-bond acceptors (Lipinski definition) is 4. The predicted molar refractivity (Wildman–Crippen MR) is 93.8 cm³/mol. The lowest BCUT2D eigenvalue weighted by atomic mass is 10.1. The number of halogens is 1. The van der Waals surface area contributed by atoms with Crippen molar-refractivity contribution in [1.82, 2.24) is 0 Å². The van der Waals surface area contributed by atoms with Crippen LogP contribution in [0.15, 0.2) is 24.3 Å². The number of ether oxygens (including phenoxy) is 1. The van der Waals surface area contributed by atoms with Gasteiger partial charge in [-0.15, -0.1) is 11.3 Å². The molecule has 1 aromatic carbocycles. The van der Waals surface area contributed by atoms with E-state index in [0.29, 0.717) is 27.8 Å². The molecule has 0 spiro atoms. The van der Waals surface area contributed by atoms with Crippen molar-refractivity contribution in [3.8, 4) is 0 Å². The second kappa shape index (κ2) is 7.62. The number of carbonyl (C=O) groups excluding carboxylic acids is 2. The minimum absolute atomic E-state index is 0.346. The maximum absolute atomic E-state index is 12.4. The summed E-state index contributed by atoms with van der Waals surface area (Å²) in [5, 5.41) is 3.64. The highest BCUT2D eigenvalue weighted by molar-refractivity contribution is 7.16. The molecule has 1 heterocycles. The van der Waals surface area contributed by atoms with Crippen molar-refractivity contribution in [3.63, 3.8) is 0 Å². The summed E-state index contributed by atoms with van der Waals surface area (Å²) >= 11 is 7.40. The van der Waals surface area contributed by atoms with Gasteiger partial charge in [0.2, 0.25) is 0 Å². The van der Waals surface area contributed by atoms with E-state index in [4.69, 9.17) is 16.3 Å². The standard InChI is InChI=1S/C17H18ClNO3S/c1-4-9-22-17(21)14-10(2)11(3)23-16(14)19-15(20)12-7-5-6-8-13(12)18/h5-8H,4,9H2,1-3H3,(H,19,20). The molecule has 2 aromatic rings. The summed E-state index contributed by atoms with van der Waals surface area (Å²) in [7, 11) is 0. The minimum Gasteiger partial charge on any atom is -0.462 e. The van der Waals surface area contributed by atoms with E-state index in [-0.39, 0.29) is 5.91 Å². The summed E-state index contributed by atoms with van der Waals surface area (Å²) in [5.74, 6) is -0.760. The fourth-order valence-corrected chi connectivity index (χ4v) is 3.31. The van der Waals surface area contributed by atoms with Crippen LogP contribution in [0.1, 0.15) is 44.5 Å². The molecule has 2 rings (SSSR count). The number of amides is 1. The van der Waals surface area contributed by atoms with E-state index in [2.05, 4.69) is 5.32 Å². The van der Waals surface area contributed by atoms with Crippen LogP contribution in [0, 0.1) is 13.8 Å². The Morgan fingerprint density at radius 2 is 1.96 bits per heavy atom. The SMILES string of the molecule is CCCOC(=O)c1c(NC(=O)c2ccccc2Cl)sc(C)c1C. The molecule has 122 valence electrons. The summed E-state index contributed by atoms with van der Waals surface area (Å²) in [5.41, 5.74) is 1.61. The van der Waals surface area contributed by atoms with Crippen LogP contribution in [0.5, 0.6) is 0 Å². The van der Waals surface area contributed by atoms with Crippen LogP contribution in [0.2, 0.25) is 5.02 Å². The van der Waals surface area contributed by atoms with Gasteiger partial charge in [0, 0.05) is 4.88 Å². The maximum atomic E-state index is 12.4. The zero-order valence-electron chi connectivity index (χ0n) is 13.2. The molecule has 23 heavy (non-hydrogen) atoms. The van der Waals surface area contributed by atoms with Crippen LogP contribution >= 0.6 is 22.9 Å². The molecule has 0 fully saturated rings. The lowest BCUT2D eigenvalue weighted by Gasteiger charge is -2.08. The Kier molecular flexibility index (Phi) is 5.80. The van der Waals surface area contributed by atoms with Gasteiger partial charge in [-0.2, -0.15) is 0 Å². The van der Waals surface area contributed by atoms with Gasteiger partial charge in [0.15, 0.2) is 0 Å². The molecule has 0 saturated carbocycles. The van der Waals surface area contributed by atoms with Crippen molar-refractivity contribution in [2.75, 3.05) is 11.9 Å². The monoisotopic (exact) mass is 351 g/mol. The first-order valence-electron chi connectivity index (χ1n) is 7.28. The van der Waals surface area contributed by atoms with Crippen molar-refractivity contribution < 1.29 is 14.3 Å². The van der Waals surface area contributed by atoms with Gasteiger partial charge in [0.25, 0.3) is 5.91 Å². The van der Waals surface area contributed by atoms with Crippen molar-refractivity contribution >= 4 is 39.8 Å². The number of carbonyl (C=O) groups is 2. The fraction of sp³-hybridized carbons (Fsp3) is 0.294. The van der Waals surface area contributed by atoms with Crippen LogP contribution in [0.4, 0.5) is 5.00 Å². The highest BCUT2D eigenvalue weighted by Gasteiger charge is 2.23. The first-order chi connectivity index (χ1) is 11.0. The average Bonchev–Trinajstić information content (AvgIpc) is 2.79. The first kappa shape index (κ1) is 17.5. The number of rotatable bonds is 5. The largest absolute Gasteiger partial charge is 0.462 e. The number of anilines is 1. The normalized spacial score (nSPS) is 10.4. The van der Waals surface area contributed by atoms with E-state index in [0.717, 1.165) is 16.9 Å². The van der Waals surface area contributed by atoms with E-state index in [1.807, 2.05) is 20.8 Å². The van der Waals surface area contributed by atoms with E-state index in [1.54, 1.807) is 24.3 Å². The molecule has 0 atom stereocenters. The van der Waals surface area contributed by atoms with Gasteiger partial charge < -0.3 is 10.1 Å². The van der Waals surface area contributed by atoms with Gasteiger partial charge in [-0.05, 0) is 38.0 Å². The third kappa shape index (κ3) is 3.92. The van der Waals surface area contributed by atoms with Crippen molar-refractivity contribution in [2.45, 2.75) is 27.2 Å². The molecule has 1 N–H and O–H groups in total. The number of hydrogen-bond donors (Lipinski definition) is 1. The summed E-state index contributed by atoms with van der Waals surface area (Å²) in [6.45, 7) is 6.03. The number of benzene rings is 1. The Morgan fingerprint density at radius 3 is 2.61 bits per heavy atom. The van der Waals surface area contributed by atoms with E-state index >= 15 is 0 Å². The summed E-state index contributed by atoms with van der Waals surface area (Å²) in [6.07, 6.45) is 0.745. The van der Waals surface area contributed by atoms with Gasteiger partial charge in [-0.25, -0.2) is 4.79 Å². The van der Waals surface area contributed by atoms with Crippen molar-refractivity contribution in [1.29, 1.82) is 0 Å². The van der Waals surface area contributed by atoms with Gasteiger partial charge >= 0.3 is 5.97 Å². The Morgan fingerprint density at radius 1 is 1.26 bits per heavy atom. The molecule has 0 aliphatic rings. The molecule has 0 unspecified atom stereocenters. The Bertz CT molecular complexity index is 739. The van der Waals surface area contributed by atoms with Crippen LogP contribution in [-0.4, -0.2) is 18.5 Å².